The molecular weight excluding hydrogens is 483 g/mol. The molecule has 1 aromatic heterocycles. The molecule has 0 saturated carbocycles. The third kappa shape index (κ3) is 6.20. The second-order valence-corrected chi connectivity index (χ2v) is 7.13. The SMILES string of the molecule is CCNC(=NCC(=O)N1CCc2ccccc2C1)NCC(C)(O)c1ccco1.I. The monoisotopic (exact) mass is 512 g/mol. The van der Waals surface area contributed by atoms with E-state index in [9.17, 15) is 9.90 Å². The van der Waals surface area contributed by atoms with E-state index in [1.54, 1.807) is 19.1 Å². The van der Waals surface area contributed by atoms with Crippen LogP contribution in [0.25, 0.3) is 0 Å². The van der Waals surface area contributed by atoms with E-state index in [4.69, 9.17) is 4.42 Å². The van der Waals surface area contributed by atoms with Crippen molar-refractivity contribution in [3.8, 4) is 0 Å². The van der Waals surface area contributed by atoms with E-state index in [2.05, 4.69) is 27.8 Å². The Morgan fingerprint density at radius 2 is 2.00 bits per heavy atom. The predicted octanol–water partition coefficient (Wildman–Crippen LogP) is 2.25. The van der Waals surface area contributed by atoms with Gasteiger partial charge in [-0.1, -0.05) is 24.3 Å². The van der Waals surface area contributed by atoms with Gasteiger partial charge in [-0.05, 0) is 43.5 Å². The molecule has 1 aliphatic rings. The summed E-state index contributed by atoms with van der Waals surface area (Å²) in [5.74, 6) is 0.948. The van der Waals surface area contributed by atoms with Crippen LogP contribution in [0.15, 0.2) is 52.1 Å². The molecule has 1 unspecified atom stereocenters. The molecular formula is C21H29IN4O3. The summed E-state index contributed by atoms with van der Waals surface area (Å²) < 4.78 is 5.29. The topological polar surface area (TPSA) is 90.1 Å². The van der Waals surface area contributed by atoms with Crippen LogP contribution in [-0.2, 0) is 23.4 Å². The number of nitrogens with one attached hydrogen (secondary N) is 2. The van der Waals surface area contributed by atoms with Crippen LogP contribution in [0.4, 0.5) is 0 Å². The first-order chi connectivity index (χ1) is 13.5. The van der Waals surface area contributed by atoms with Gasteiger partial charge in [0.1, 0.15) is 17.9 Å². The number of furan rings is 1. The third-order valence-electron chi connectivity index (χ3n) is 4.85. The van der Waals surface area contributed by atoms with Crippen LogP contribution in [0.2, 0.25) is 0 Å². The van der Waals surface area contributed by atoms with E-state index >= 15 is 0 Å². The molecule has 0 aliphatic carbocycles. The third-order valence-corrected chi connectivity index (χ3v) is 4.85. The summed E-state index contributed by atoms with van der Waals surface area (Å²) in [6.07, 6.45) is 2.40. The average Bonchev–Trinajstić information content (AvgIpc) is 3.25. The van der Waals surface area contributed by atoms with Gasteiger partial charge in [0, 0.05) is 19.6 Å². The Labute approximate surface area is 188 Å². The maximum Gasteiger partial charge on any atom is 0.244 e. The number of aliphatic hydroxyl groups is 1. The molecule has 0 fully saturated rings. The Balaban J connectivity index is 0.00000300. The van der Waals surface area contributed by atoms with Gasteiger partial charge in [0.15, 0.2) is 5.96 Å². The van der Waals surface area contributed by atoms with E-state index < -0.39 is 5.60 Å². The number of hydrogen-bond acceptors (Lipinski definition) is 4. The van der Waals surface area contributed by atoms with Gasteiger partial charge in [-0.2, -0.15) is 0 Å². The Morgan fingerprint density at radius 3 is 2.69 bits per heavy atom. The van der Waals surface area contributed by atoms with Crippen LogP contribution in [0, 0.1) is 0 Å². The maximum absolute atomic E-state index is 12.6. The van der Waals surface area contributed by atoms with Crippen molar-refractivity contribution in [1.82, 2.24) is 15.5 Å². The number of carbonyl (C=O) groups is 1. The summed E-state index contributed by atoms with van der Waals surface area (Å²) in [6.45, 7) is 5.87. The van der Waals surface area contributed by atoms with Crippen LogP contribution in [0.1, 0.15) is 30.7 Å². The quantitative estimate of drug-likeness (QED) is 0.314. The number of fused-ring (bicyclic) bond motifs is 1. The molecule has 158 valence electrons. The second kappa shape index (κ2) is 10.6. The number of benzene rings is 1. The molecule has 3 N–H and O–H groups in total. The molecule has 0 bridgehead atoms. The maximum atomic E-state index is 12.6. The highest BCUT2D eigenvalue weighted by Crippen LogP contribution is 2.20. The van der Waals surface area contributed by atoms with Crippen molar-refractivity contribution in [3.63, 3.8) is 0 Å². The highest BCUT2D eigenvalue weighted by Gasteiger charge is 2.26. The lowest BCUT2D eigenvalue weighted by molar-refractivity contribution is -0.130. The Morgan fingerprint density at radius 1 is 1.24 bits per heavy atom. The number of amides is 1. The number of nitrogens with zero attached hydrogens (tertiary/aromatic N) is 2. The fourth-order valence-electron chi connectivity index (χ4n) is 3.23. The first kappa shape index (κ1) is 23.2. The smallest absolute Gasteiger partial charge is 0.244 e. The molecule has 0 spiro atoms. The lowest BCUT2D eigenvalue weighted by atomic mass is 10.00. The van der Waals surface area contributed by atoms with Crippen LogP contribution >= 0.6 is 24.0 Å². The van der Waals surface area contributed by atoms with E-state index in [1.165, 1.54) is 17.4 Å². The van der Waals surface area contributed by atoms with Gasteiger partial charge in [-0.15, -0.1) is 24.0 Å². The molecule has 2 heterocycles. The van der Waals surface area contributed by atoms with Gasteiger partial charge in [-0.3, -0.25) is 4.79 Å². The lowest BCUT2D eigenvalue weighted by Crippen LogP contribution is -2.45. The molecule has 1 aliphatic heterocycles. The summed E-state index contributed by atoms with van der Waals surface area (Å²) in [5, 5.41) is 16.7. The molecule has 7 nitrogen and oxygen atoms in total. The van der Waals surface area contributed by atoms with E-state index in [1.807, 2.05) is 24.0 Å². The van der Waals surface area contributed by atoms with E-state index in [0.29, 0.717) is 31.4 Å². The van der Waals surface area contributed by atoms with Gasteiger partial charge in [-0.25, -0.2) is 4.99 Å². The summed E-state index contributed by atoms with van der Waals surface area (Å²) in [7, 11) is 0. The molecule has 1 aromatic carbocycles. The highest BCUT2D eigenvalue weighted by molar-refractivity contribution is 14.0. The minimum absolute atomic E-state index is 0. The first-order valence-corrected chi connectivity index (χ1v) is 9.62. The molecule has 29 heavy (non-hydrogen) atoms. The highest BCUT2D eigenvalue weighted by atomic mass is 127. The number of rotatable bonds is 6. The minimum Gasteiger partial charge on any atom is -0.466 e. The summed E-state index contributed by atoms with van der Waals surface area (Å²) in [6, 6.07) is 11.7. The number of carbonyl (C=O) groups excluding carboxylic acids is 1. The van der Waals surface area contributed by atoms with Crippen LogP contribution in [0.3, 0.4) is 0 Å². The van der Waals surface area contributed by atoms with Gasteiger partial charge in [0.05, 0.1) is 12.8 Å². The molecule has 2 aromatic rings. The van der Waals surface area contributed by atoms with Gasteiger partial charge in [0.2, 0.25) is 5.91 Å². The Hall–Kier alpha value is -2.07. The van der Waals surface area contributed by atoms with Crippen molar-refractivity contribution in [1.29, 1.82) is 0 Å². The average molecular weight is 512 g/mol. The molecule has 0 radical (unpaired) electrons. The minimum atomic E-state index is -1.18. The van der Waals surface area contributed by atoms with Crippen molar-refractivity contribution in [3.05, 3.63) is 59.5 Å². The van der Waals surface area contributed by atoms with Crippen molar-refractivity contribution in [2.45, 2.75) is 32.4 Å². The van der Waals surface area contributed by atoms with E-state index in [-0.39, 0.29) is 43.0 Å². The number of halogens is 1. The Bertz CT molecular complexity index is 821. The zero-order chi connectivity index (χ0) is 20.0. The molecule has 1 amide bonds. The molecule has 0 saturated heterocycles. The summed E-state index contributed by atoms with van der Waals surface area (Å²) in [5.41, 5.74) is 1.33. The van der Waals surface area contributed by atoms with Crippen molar-refractivity contribution in [2.24, 2.45) is 4.99 Å². The van der Waals surface area contributed by atoms with Crippen LogP contribution in [-0.4, -0.2) is 48.1 Å². The molecule has 8 heteroatoms. The fraction of sp³-hybridized carbons (Fsp3) is 0.429. The standard InChI is InChI=1S/C21H28N4O3.HI/c1-3-22-20(24-15-21(2,27)18-9-6-12-28-18)23-13-19(26)25-11-10-16-7-4-5-8-17(16)14-25;/h4-9,12,27H,3,10-11,13-15H2,1-2H3,(H2,22,23,24);1H. The van der Waals surface area contributed by atoms with Crippen LogP contribution < -0.4 is 10.6 Å². The number of aliphatic imine (C=N–C) groups is 1. The first-order valence-electron chi connectivity index (χ1n) is 9.62. The van der Waals surface area contributed by atoms with Gasteiger partial charge < -0.3 is 25.1 Å². The fourth-order valence-corrected chi connectivity index (χ4v) is 3.23. The normalized spacial score (nSPS) is 15.7. The van der Waals surface area contributed by atoms with Crippen LogP contribution in [0.5, 0.6) is 0 Å². The van der Waals surface area contributed by atoms with Crippen molar-refractivity contribution >= 4 is 35.8 Å². The van der Waals surface area contributed by atoms with Gasteiger partial charge >= 0.3 is 0 Å². The second-order valence-electron chi connectivity index (χ2n) is 7.13. The lowest BCUT2D eigenvalue weighted by Gasteiger charge is -2.28. The predicted molar refractivity (Wildman–Crippen MR) is 123 cm³/mol. The van der Waals surface area contributed by atoms with Crippen molar-refractivity contribution in [2.75, 3.05) is 26.2 Å². The zero-order valence-corrected chi connectivity index (χ0v) is 19.2. The Kier molecular flexibility index (Phi) is 8.51. The summed E-state index contributed by atoms with van der Waals surface area (Å²) in [4.78, 5) is 18.8. The number of hydrogen-bond donors (Lipinski definition) is 3. The van der Waals surface area contributed by atoms with Crippen molar-refractivity contribution < 1.29 is 14.3 Å². The molecule has 3 rings (SSSR count). The zero-order valence-electron chi connectivity index (χ0n) is 16.9. The number of guanidine groups is 1. The van der Waals surface area contributed by atoms with E-state index in [0.717, 1.165) is 6.42 Å². The molecule has 1 atom stereocenters. The van der Waals surface area contributed by atoms with Gasteiger partial charge in [0.25, 0.3) is 0 Å². The largest absolute Gasteiger partial charge is 0.466 e. The summed E-state index contributed by atoms with van der Waals surface area (Å²) >= 11 is 0.